The van der Waals surface area contributed by atoms with E-state index in [1.54, 1.807) is 31.2 Å². The van der Waals surface area contributed by atoms with Crippen molar-refractivity contribution in [3.05, 3.63) is 82.1 Å². The Bertz CT molecular complexity index is 1390. The van der Waals surface area contributed by atoms with E-state index in [0.717, 1.165) is 30.0 Å². The van der Waals surface area contributed by atoms with Crippen LogP contribution in [-0.2, 0) is 12.4 Å². The number of aryl methyl sites for hydroxylation is 1. The van der Waals surface area contributed by atoms with Gasteiger partial charge in [0.1, 0.15) is 5.56 Å². The van der Waals surface area contributed by atoms with Crippen LogP contribution in [0, 0.1) is 6.92 Å². The second-order valence-electron chi connectivity index (χ2n) is 7.33. The van der Waals surface area contributed by atoms with E-state index in [1.165, 1.54) is 0 Å². The van der Waals surface area contributed by atoms with Crippen LogP contribution >= 0.6 is 11.6 Å². The van der Waals surface area contributed by atoms with Gasteiger partial charge in [0.25, 0.3) is 5.91 Å². The van der Waals surface area contributed by atoms with Crippen molar-refractivity contribution in [1.82, 2.24) is 14.6 Å². The number of carbonyl (C=O) groups is 1. The summed E-state index contributed by atoms with van der Waals surface area (Å²) < 4.78 is 81.7. The molecule has 34 heavy (non-hydrogen) atoms. The van der Waals surface area contributed by atoms with Crippen molar-refractivity contribution < 1.29 is 31.1 Å². The van der Waals surface area contributed by atoms with Gasteiger partial charge in [-0.2, -0.15) is 31.4 Å². The Morgan fingerprint density at radius 2 is 1.65 bits per heavy atom. The Morgan fingerprint density at radius 3 is 2.26 bits per heavy atom. The average molecular weight is 499 g/mol. The van der Waals surface area contributed by atoms with Crippen LogP contribution < -0.4 is 5.32 Å². The molecule has 0 bridgehead atoms. The smallest absolute Gasteiger partial charge is 0.321 e. The van der Waals surface area contributed by atoms with Gasteiger partial charge in [-0.3, -0.25) is 4.79 Å². The zero-order valence-electron chi connectivity index (χ0n) is 17.1. The number of hydrogen-bond donors (Lipinski definition) is 1. The number of benzene rings is 2. The molecule has 12 heteroatoms. The lowest BCUT2D eigenvalue weighted by Crippen LogP contribution is -2.18. The lowest BCUT2D eigenvalue weighted by atomic mass is 10.1. The van der Waals surface area contributed by atoms with Gasteiger partial charge in [0.05, 0.1) is 23.1 Å². The van der Waals surface area contributed by atoms with Gasteiger partial charge in [-0.15, -0.1) is 0 Å². The SMILES string of the molecule is Cc1ccc(-c2cc(C(F)(F)F)n3ncc(C(=O)Nc4ccc(Cl)cc4C(F)(F)F)c3n2)cc1. The fourth-order valence-corrected chi connectivity index (χ4v) is 3.42. The Morgan fingerprint density at radius 1 is 0.971 bits per heavy atom. The van der Waals surface area contributed by atoms with E-state index in [2.05, 4.69) is 15.4 Å². The Kier molecular flexibility index (Phi) is 5.76. The molecule has 0 atom stereocenters. The standard InChI is InChI=1S/C22H13ClF6N4O/c1-11-2-4-12(5-3-11)17-9-18(22(27,28)29)33-19(31-17)14(10-30-33)20(34)32-16-7-6-13(23)8-15(16)21(24,25)26/h2-10H,1H3,(H,32,34). The lowest BCUT2D eigenvalue weighted by molar-refractivity contribution is -0.142. The summed E-state index contributed by atoms with van der Waals surface area (Å²) in [5.74, 6) is -1.12. The van der Waals surface area contributed by atoms with Gasteiger partial charge in [0.15, 0.2) is 11.3 Å². The zero-order valence-corrected chi connectivity index (χ0v) is 17.8. The van der Waals surface area contributed by atoms with Gasteiger partial charge in [-0.25, -0.2) is 9.50 Å². The number of nitrogens with zero attached hydrogens (tertiary/aromatic N) is 3. The molecule has 0 fully saturated rings. The summed E-state index contributed by atoms with van der Waals surface area (Å²) in [4.78, 5) is 17.0. The van der Waals surface area contributed by atoms with Crippen molar-refractivity contribution >= 4 is 28.8 Å². The molecular weight excluding hydrogens is 486 g/mol. The monoisotopic (exact) mass is 498 g/mol. The molecule has 2 aromatic carbocycles. The van der Waals surface area contributed by atoms with Crippen LogP contribution in [0.25, 0.3) is 16.9 Å². The molecule has 176 valence electrons. The summed E-state index contributed by atoms with van der Waals surface area (Å²) >= 11 is 5.64. The Balaban J connectivity index is 1.84. The van der Waals surface area contributed by atoms with Crippen LogP contribution in [0.5, 0.6) is 0 Å². The second kappa shape index (κ2) is 8.32. The van der Waals surface area contributed by atoms with Crippen molar-refractivity contribution in [2.75, 3.05) is 5.32 Å². The first-order valence-corrected chi connectivity index (χ1v) is 9.93. The maximum absolute atomic E-state index is 13.7. The lowest BCUT2D eigenvalue weighted by Gasteiger charge is -2.14. The van der Waals surface area contributed by atoms with Crippen LogP contribution in [0.15, 0.2) is 54.7 Å². The maximum Gasteiger partial charge on any atom is 0.433 e. The summed E-state index contributed by atoms with van der Waals surface area (Å²) in [6, 6.07) is 9.98. The van der Waals surface area contributed by atoms with Crippen LogP contribution in [0.3, 0.4) is 0 Å². The number of aromatic nitrogens is 3. The van der Waals surface area contributed by atoms with E-state index in [4.69, 9.17) is 11.6 Å². The van der Waals surface area contributed by atoms with Crippen LogP contribution in [0.2, 0.25) is 5.02 Å². The highest BCUT2D eigenvalue weighted by Crippen LogP contribution is 2.37. The van der Waals surface area contributed by atoms with Gasteiger partial charge >= 0.3 is 12.4 Å². The predicted octanol–water partition coefficient (Wildman–Crippen LogP) is 6.65. The summed E-state index contributed by atoms with van der Waals surface area (Å²) in [7, 11) is 0. The molecular formula is C22H13ClF6N4O. The molecule has 0 saturated carbocycles. The maximum atomic E-state index is 13.7. The molecule has 4 aromatic rings. The minimum Gasteiger partial charge on any atom is -0.321 e. The number of nitrogens with one attached hydrogen (secondary N) is 1. The van der Waals surface area contributed by atoms with Crippen molar-refractivity contribution in [2.45, 2.75) is 19.3 Å². The number of amides is 1. The minimum atomic E-state index is -4.85. The quantitative estimate of drug-likeness (QED) is 0.322. The van der Waals surface area contributed by atoms with E-state index in [9.17, 15) is 31.1 Å². The van der Waals surface area contributed by atoms with Gasteiger partial charge in [0.2, 0.25) is 0 Å². The molecule has 0 spiro atoms. The molecule has 0 aliphatic rings. The molecule has 4 rings (SSSR count). The van der Waals surface area contributed by atoms with Gasteiger partial charge in [-0.05, 0) is 31.2 Å². The van der Waals surface area contributed by atoms with Crippen molar-refractivity contribution in [3.63, 3.8) is 0 Å². The highest BCUT2D eigenvalue weighted by atomic mass is 35.5. The van der Waals surface area contributed by atoms with E-state index >= 15 is 0 Å². The number of rotatable bonds is 3. The minimum absolute atomic E-state index is 0.0863. The molecule has 1 amide bonds. The topological polar surface area (TPSA) is 59.3 Å². The second-order valence-corrected chi connectivity index (χ2v) is 7.76. The summed E-state index contributed by atoms with van der Waals surface area (Å²) in [6.07, 6.45) is -8.87. The van der Waals surface area contributed by atoms with Gasteiger partial charge in [0, 0.05) is 10.6 Å². The third-order valence-corrected chi connectivity index (χ3v) is 5.12. The number of hydrogen-bond acceptors (Lipinski definition) is 3. The van der Waals surface area contributed by atoms with E-state index in [1.807, 2.05) is 0 Å². The Hall–Kier alpha value is -3.60. The first-order chi connectivity index (χ1) is 15.8. The van der Waals surface area contributed by atoms with Crippen LogP contribution in [-0.4, -0.2) is 20.5 Å². The molecule has 2 heterocycles. The average Bonchev–Trinajstić information content (AvgIpc) is 3.17. The summed E-state index contributed by atoms with van der Waals surface area (Å²) in [6.45, 7) is 1.80. The first kappa shape index (κ1) is 23.6. The molecule has 0 unspecified atom stereocenters. The highest BCUT2D eigenvalue weighted by Gasteiger charge is 2.37. The van der Waals surface area contributed by atoms with Crippen molar-refractivity contribution in [2.24, 2.45) is 0 Å². The van der Waals surface area contributed by atoms with E-state index < -0.39 is 46.4 Å². The molecule has 1 N–H and O–H groups in total. The number of carbonyl (C=O) groups excluding carboxylic acids is 1. The third kappa shape index (κ3) is 4.56. The fourth-order valence-electron chi connectivity index (χ4n) is 3.25. The summed E-state index contributed by atoms with van der Waals surface area (Å²) in [5, 5.41) is 5.48. The normalized spacial score (nSPS) is 12.2. The molecule has 0 radical (unpaired) electrons. The fraction of sp³-hybridized carbons (Fsp3) is 0.136. The highest BCUT2D eigenvalue weighted by molar-refractivity contribution is 6.30. The van der Waals surface area contributed by atoms with Crippen molar-refractivity contribution in [1.29, 1.82) is 0 Å². The number of anilines is 1. The number of alkyl halides is 6. The Labute approximate surface area is 193 Å². The largest absolute Gasteiger partial charge is 0.433 e. The zero-order chi connectivity index (χ0) is 24.8. The van der Waals surface area contributed by atoms with E-state index in [-0.39, 0.29) is 10.7 Å². The first-order valence-electron chi connectivity index (χ1n) is 9.56. The molecule has 0 aliphatic carbocycles. The predicted molar refractivity (Wildman–Crippen MR) is 113 cm³/mol. The summed E-state index contributed by atoms with van der Waals surface area (Å²) in [5.41, 5.74) is -2.81. The van der Waals surface area contributed by atoms with Crippen LogP contribution in [0.1, 0.15) is 27.2 Å². The molecule has 0 saturated heterocycles. The van der Waals surface area contributed by atoms with E-state index in [0.29, 0.717) is 16.1 Å². The number of fused-ring (bicyclic) bond motifs is 1. The van der Waals surface area contributed by atoms with Gasteiger partial charge in [-0.1, -0.05) is 41.4 Å². The molecule has 0 aliphatic heterocycles. The van der Waals surface area contributed by atoms with Crippen molar-refractivity contribution in [3.8, 4) is 11.3 Å². The molecule has 5 nitrogen and oxygen atoms in total. The molecule has 2 aromatic heterocycles. The number of halogens is 7. The van der Waals surface area contributed by atoms with Crippen LogP contribution in [0.4, 0.5) is 32.0 Å². The third-order valence-electron chi connectivity index (χ3n) is 4.89. The van der Waals surface area contributed by atoms with Gasteiger partial charge < -0.3 is 5.32 Å².